The van der Waals surface area contributed by atoms with Gasteiger partial charge in [0.25, 0.3) is 0 Å². The van der Waals surface area contributed by atoms with Gasteiger partial charge in [0, 0.05) is 36.8 Å². The molecule has 226 valence electrons. The normalized spacial score (nSPS) is 13.7. The van der Waals surface area contributed by atoms with Crippen LogP contribution in [0.3, 0.4) is 0 Å². The van der Waals surface area contributed by atoms with Crippen molar-refractivity contribution in [3.8, 4) is 11.1 Å². The van der Waals surface area contributed by atoms with E-state index in [2.05, 4.69) is 174 Å². The first-order chi connectivity index (χ1) is 22.1. The van der Waals surface area contributed by atoms with E-state index in [4.69, 9.17) is 0 Å². The van der Waals surface area contributed by atoms with Crippen LogP contribution in [0, 0.1) is 0 Å². The molecule has 0 aliphatic carbocycles. The molecule has 0 spiro atoms. The summed E-state index contributed by atoms with van der Waals surface area (Å²) in [7, 11) is 1.86. The van der Waals surface area contributed by atoms with Crippen molar-refractivity contribution >= 4 is 5.71 Å². The van der Waals surface area contributed by atoms with Gasteiger partial charge in [0.15, 0.2) is 0 Å². The monoisotopic (exact) mass is 589 g/mol. The molecule has 1 heterocycles. The summed E-state index contributed by atoms with van der Waals surface area (Å²) in [6.45, 7) is 6.02. The Morgan fingerprint density at radius 3 is 1.76 bits per heavy atom. The Bertz CT molecular complexity index is 1640. The average molecular weight is 590 g/mol. The predicted octanol–water partition coefficient (Wildman–Crippen LogP) is 9.89. The van der Waals surface area contributed by atoms with Crippen molar-refractivity contribution in [3.63, 3.8) is 0 Å². The quantitative estimate of drug-likeness (QED) is 0.113. The van der Waals surface area contributed by atoms with Gasteiger partial charge < -0.3 is 9.80 Å². The van der Waals surface area contributed by atoms with Crippen molar-refractivity contribution in [2.45, 2.75) is 45.2 Å². The van der Waals surface area contributed by atoms with Gasteiger partial charge in [-0.25, -0.2) is 0 Å². The highest BCUT2D eigenvalue weighted by molar-refractivity contribution is 6.04. The second-order valence-electron chi connectivity index (χ2n) is 11.9. The molecule has 0 bridgehead atoms. The number of hydrogen-bond donors (Lipinski definition) is 0. The first kappa shape index (κ1) is 30.1. The lowest BCUT2D eigenvalue weighted by Gasteiger charge is -2.44. The lowest BCUT2D eigenvalue weighted by atomic mass is 9.76. The molecule has 3 nitrogen and oxygen atoms in total. The Hall–Kier alpha value is -4.89. The molecule has 0 fully saturated rings. The number of nitrogens with zero attached hydrogens (tertiary/aromatic N) is 3. The maximum atomic E-state index is 4.46. The van der Waals surface area contributed by atoms with Crippen LogP contribution in [-0.4, -0.2) is 29.2 Å². The van der Waals surface area contributed by atoms with Gasteiger partial charge >= 0.3 is 0 Å². The van der Waals surface area contributed by atoms with E-state index in [0.717, 1.165) is 25.3 Å². The summed E-state index contributed by atoms with van der Waals surface area (Å²) < 4.78 is 0. The molecule has 0 N–H and O–H groups in total. The zero-order chi connectivity index (χ0) is 31.1. The van der Waals surface area contributed by atoms with Crippen molar-refractivity contribution in [1.82, 2.24) is 9.80 Å². The Labute approximate surface area is 269 Å². The topological polar surface area (TPSA) is 18.8 Å². The Morgan fingerprint density at radius 2 is 1.22 bits per heavy atom. The van der Waals surface area contributed by atoms with E-state index in [1.165, 1.54) is 57.5 Å². The van der Waals surface area contributed by atoms with Gasteiger partial charge in [0.2, 0.25) is 0 Å². The van der Waals surface area contributed by atoms with E-state index in [9.17, 15) is 0 Å². The minimum atomic E-state index is -0.470. The molecule has 1 aliphatic heterocycles. The number of benzene rings is 5. The first-order valence-corrected chi connectivity index (χ1v) is 16.2. The zero-order valence-corrected chi connectivity index (χ0v) is 26.7. The minimum Gasteiger partial charge on any atom is -0.352 e. The Kier molecular flexibility index (Phi) is 9.26. The average Bonchev–Trinajstić information content (AvgIpc) is 3.51. The van der Waals surface area contributed by atoms with E-state index in [-0.39, 0.29) is 0 Å². The second-order valence-corrected chi connectivity index (χ2v) is 11.9. The summed E-state index contributed by atoms with van der Waals surface area (Å²) in [4.78, 5) is 9.61. The first-order valence-electron chi connectivity index (χ1n) is 16.2. The van der Waals surface area contributed by atoms with Crippen LogP contribution in [0.5, 0.6) is 0 Å². The number of allylic oxidation sites excluding steroid dienone is 1. The maximum absolute atomic E-state index is 4.46. The molecule has 0 aromatic heterocycles. The smallest absolute Gasteiger partial charge is 0.117 e. The molecule has 0 amide bonds. The van der Waals surface area contributed by atoms with Gasteiger partial charge in [-0.3, -0.25) is 4.99 Å². The Balaban J connectivity index is 1.38. The van der Waals surface area contributed by atoms with Crippen molar-refractivity contribution < 1.29 is 0 Å². The van der Waals surface area contributed by atoms with E-state index in [1.807, 2.05) is 7.05 Å². The van der Waals surface area contributed by atoms with Gasteiger partial charge in [-0.2, -0.15) is 0 Å². The lowest BCUT2D eigenvalue weighted by molar-refractivity contribution is 0.170. The third kappa shape index (κ3) is 6.08. The highest BCUT2D eigenvalue weighted by Gasteiger charge is 2.43. The van der Waals surface area contributed by atoms with Crippen molar-refractivity contribution in [2.24, 2.45) is 4.99 Å². The van der Waals surface area contributed by atoms with Crippen LogP contribution >= 0.6 is 0 Å². The van der Waals surface area contributed by atoms with E-state index >= 15 is 0 Å². The fraction of sp³-hybridized carbons (Fsp3) is 0.214. The second kappa shape index (κ2) is 13.8. The van der Waals surface area contributed by atoms with Crippen LogP contribution in [-0.2, 0) is 12.1 Å². The predicted molar refractivity (Wildman–Crippen MR) is 189 cm³/mol. The van der Waals surface area contributed by atoms with Crippen LogP contribution in [0.15, 0.2) is 156 Å². The third-order valence-electron chi connectivity index (χ3n) is 9.12. The van der Waals surface area contributed by atoms with E-state index in [1.54, 1.807) is 0 Å². The molecule has 0 atom stereocenters. The highest BCUT2D eigenvalue weighted by Crippen LogP contribution is 2.45. The molecular weight excluding hydrogens is 546 g/mol. The molecular formula is C42H43N3. The molecule has 1 aliphatic rings. The molecule has 5 aromatic carbocycles. The maximum Gasteiger partial charge on any atom is 0.117 e. The van der Waals surface area contributed by atoms with Crippen LogP contribution in [0.2, 0.25) is 0 Å². The molecule has 0 saturated heterocycles. The van der Waals surface area contributed by atoms with Gasteiger partial charge in [0.1, 0.15) is 5.54 Å². The number of rotatable bonds is 11. The van der Waals surface area contributed by atoms with E-state index in [0.29, 0.717) is 0 Å². The number of hydrogen-bond acceptors (Lipinski definition) is 3. The van der Waals surface area contributed by atoms with Crippen molar-refractivity contribution in [1.29, 1.82) is 0 Å². The molecule has 5 aromatic rings. The van der Waals surface area contributed by atoms with Crippen molar-refractivity contribution in [2.75, 3.05) is 13.7 Å². The standard InChI is InChI=1S/C42H43N3/c1-4-5-23-39-31-45(32-44(39)30-34-26-28-35(29-27-34)41-25-16-15-24-40(41)33(2)43-3)42(36-17-9-6-10-18-36,37-19-11-7-12-20-37)38-21-13-8-14-22-38/h6-22,24-29,31H,4-5,23,30,32H2,1-3H3. The fourth-order valence-electron chi connectivity index (χ4n) is 6.73. The SMILES string of the molecule is CCCCC1=CN(C(c2ccccc2)(c2ccccc2)c2ccccc2)CN1Cc1ccc(-c2ccccc2C(C)=NC)cc1. The number of aliphatic imine (C=N–C) groups is 1. The lowest BCUT2D eigenvalue weighted by Crippen LogP contribution is -2.46. The number of unbranched alkanes of at least 4 members (excludes halogenated alkanes) is 1. The summed E-state index contributed by atoms with van der Waals surface area (Å²) in [5.74, 6) is 0. The van der Waals surface area contributed by atoms with Crippen LogP contribution in [0.25, 0.3) is 11.1 Å². The minimum absolute atomic E-state index is 0.470. The highest BCUT2D eigenvalue weighted by atomic mass is 15.4. The van der Waals surface area contributed by atoms with E-state index < -0.39 is 5.54 Å². The zero-order valence-electron chi connectivity index (χ0n) is 26.7. The van der Waals surface area contributed by atoms with Gasteiger partial charge in [-0.1, -0.05) is 153 Å². The summed E-state index contributed by atoms with van der Waals surface area (Å²) in [6, 6.07) is 50.7. The van der Waals surface area contributed by atoms with Crippen LogP contribution in [0.1, 0.15) is 60.9 Å². The van der Waals surface area contributed by atoms with Gasteiger partial charge in [0.05, 0.1) is 6.67 Å². The summed E-state index contributed by atoms with van der Waals surface area (Å²) >= 11 is 0. The Morgan fingerprint density at radius 1 is 0.689 bits per heavy atom. The summed E-state index contributed by atoms with van der Waals surface area (Å²) in [5, 5.41) is 0. The molecule has 6 rings (SSSR count). The molecule has 0 radical (unpaired) electrons. The van der Waals surface area contributed by atoms with Crippen LogP contribution in [0.4, 0.5) is 0 Å². The summed E-state index contributed by atoms with van der Waals surface area (Å²) in [6.07, 6.45) is 5.84. The third-order valence-corrected chi connectivity index (χ3v) is 9.12. The molecule has 45 heavy (non-hydrogen) atoms. The fourth-order valence-corrected chi connectivity index (χ4v) is 6.73. The van der Waals surface area contributed by atoms with Gasteiger partial charge in [-0.15, -0.1) is 0 Å². The molecule has 0 unspecified atom stereocenters. The molecule has 0 saturated carbocycles. The molecule has 3 heteroatoms. The summed E-state index contributed by atoms with van der Waals surface area (Å²) in [5.41, 5.74) is 10.7. The largest absolute Gasteiger partial charge is 0.352 e. The van der Waals surface area contributed by atoms with Crippen molar-refractivity contribution in [3.05, 3.63) is 179 Å². The van der Waals surface area contributed by atoms with Gasteiger partial charge in [-0.05, 0) is 53.1 Å². The van der Waals surface area contributed by atoms with Crippen LogP contribution < -0.4 is 0 Å².